The van der Waals surface area contributed by atoms with E-state index in [2.05, 4.69) is 0 Å². The minimum Gasteiger partial charge on any atom is -0.328 e. The van der Waals surface area contributed by atoms with Crippen LogP contribution in [0.25, 0.3) is 0 Å². The highest BCUT2D eigenvalue weighted by atomic mass is 19.4. The fourth-order valence-corrected chi connectivity index (χ4v) is 1.60. The van der Waals surface area contributed by atoms with Crippen LogP contribution in [0.4, 0.5) is 13.2 Å². The maximum atomic E-state index is 12.0. The van der Waals surface area contributed by atoms with Gasteiger partial charge in [-0.05, 0) is 31.7 Å². The van der Waals surface area contributed by atoms with E-state index in [1.807, 2.05) is 31.2 Å². The lowest BCUT2D eigenvalue weighted by Crippen LogP contribution is -2.23. The van der Waals surface area contributed by atoms with Crippen molar-refractivity contribution in [1.29, 1.82) is 0 Å². The number of hydrogen-bond acceptors (Lipinski definition) is 1. The summed E-state index contributed by atoms with van der Waals surface area (Å²) < 4.78 is 35.9. The summed E-state index contributed by atoms with van der Waals surface area (Å²) in [4.78, 5) is 0. The molecule has 0 heterocycles. The van der Waals surface area contributed by atoms with Gasteiger partial charge in [-0.1, -0.05) is 29.8 Å². The molecule has 0 aliphatic carbocycles. The van der Waals surface area contributed by atoms with E-state index in [1.165, 1.54) is 5.56 Å². The molecule has 0 aliphatic heterocycles. The van der Waals surface area contributed by atoms with Crippen molar-refractivity contribution in [1.82, 2.24) is 0 Å². The van der Waals surface area contributed by atoms with Crippen molar-refractivity contribution in [2.24, 2.45) is 5.73 Å². The Hall–Kier alpha value is -1.03. The van der Waals surface area contributed by atoms with Crippen molar-refractivity contribution in [3.05, 3.63) is 35.4 Å². The number of nitrogens with two attached hydrogens (primary N) is 1. The van der Waals surface area contributed by atoms with Gasteiger partial charge in [0.15, 0.2) is 0 Å². The van der Waals surface area contributed by atoms with Gasteiger partial charge in [0, 0.05) is 12.5 Å². The first-order chi connectivity index (χ1) is 7.87. The lowest BCUT2D eigenvalue weighted by atomic mass is 10.0. The number of alkyl halides is 3. The highest BCUT2D eigenvalue weighted by Crippen LogP contribution is 2.22. The highest BCUT2D eigenvalue weighted by molar-refractivity contribution is 5.21. The first kappa shape index (κ1) is 14.0. The van der Waals surface area contributed by atoms with Crippen molar-refractivity contribution < 1.29 is 13.2 Å². The fraction of sp³-hybridized carbons (Fsp3) is 0.538. The van der Waals surface area contributed by atoms with Crippen LogP contribution in [0, 0.1) is 6.92 Å². The molecule has 0 aromatic heterocycles. The molecular weight excluding hydrogens is 227 g/mol. The number of halogens is 3. The lowest BCUT2D eigenvalue weighted by Gasteiger charge is -2.13. The van der Waals surface area contributed by atoms with Crippen LogP contribution in [0.15, 0.2) is 24.3 Å². The minimum atomic E-state index is -4.10. The third-order valence-electron chi connectivity index (χ3n) is 2.72. The SMILES string of the molecule is Cc1ccc(CCC(N)CCC(F)(F)F)cc1. The number of benzene rings is 1. The average molecular weight is 245 g/mol. The van der Waals surface area contributed by atoms with Gasteiger partial charge >= 0.3 is 6.18 Å². The van der Waals surface area contributed by atoms with Crippen LogP contribution < -0.4 is 5.73 Å². The Kier molecular flexibility index (Phi) is 5.00. The molecule has 0 fully saturated rings. The molecule has 1 rings (SSSR count). The van der Waals surface area contributed by atoms with Gasteiger partial charge in [0.2, 0.25) is 0 Å². The zero-order chi connectivity index (χ0) is 12.9. The molecule has 96 valence electrons. The molecule has 2 N–H and O–H groups in total. The van der Waals surface area contributed by atoms with E-state index in [0.717, 1.165) is 12.0 Å². The molecule has 1 aromatic rings. The van der Waals surface area contributed by atoms with Gasteiger partial charge in [-0.15, -0.1) is 0 Å². The first-order valence-electron chi connectivity index (χ1n) is 5.75. The second kappa shape index (κ2) is 6.05. The van der Waals surface area contributed by atoms with Crippen LogP contribution in [-0.2, 0) is 6.42 Å². The van der Waals surface area contributed by atoms with Crippen LogP contribution in [-0.4, -0.2) is 12.2 Å². The molecule has 0 amide bonds. The smallest absolute Gasteiger partial charge is 0.328 e. The van der Waals surface area contributed by atoms with E-state index in [-0.39, 0.29) is 12.5 Å². The zero-order valence-electron chi connectivity index (χ0n) is 9.93. The maximum Gasteiger partial charge on any atom is 0.389 e. The monoisotopic (exact) mass is 245 g/mol. The Bertz CT molecular complexity index is 330. The van der Waals surface area contributed by atoms with E-state index in [9.17, 15) is 13.2 Å². The maximum absolute atomic E-state index is 12.0. The molecule has 1 aromatic carbocycles. The van der Waals surface area contributed by atoms with Gasteiger partial charge in [0.05, 0.1) is 0 Å². The number of rotatable bonds is 5. The largest absolute Gasteiger partial charge is 0.389 e. The van der Waals surface area contributed by atoms with Crippen molar-refractivity contribution in [2.45, 2.75) is 44.8 Å². The Morgan fingerprint density at radius 2 is 1.71 bits per heavy atom. The molecule has 0 spiro atoms. The fourth-order valence-electron chi connectivity index (χ4n) is 1.60. The Balaban J connectivity index is 2.28. The average Bonchev–Trinajstić information content (AvgIpc) is 2.25. The number of aryl methyl sites for hydroxylation is 2. The molecule has 17 heavy (non-hydrogen) atoms. The summed E-state index contributed by atoms with van der Waals surface area (Å²) in [5, 5.41) is 0. The summed E-state index contributed by atoms with van der Waals surface area (Å²) in [5.41, 5.74) is 7.96. The summed E-state index contributed by atoms with van der Waals surface area (Å²) in [6, 6.07) is 7.60. The molecular formula is C13H18F3N. The third kappa shape index (κ3) is 6.31. The Morgan fingerprint density at radius 1 is 1.12 bits per heavy atom. The molecule has 1 atom stereocenters. The van der Waals surface area contributed by atoms with Crippen molar-refractivity contribution in [3.63, 3.8) is 0 Å². The van der Waals surface area contributed by atoms with E-state index in [0.29, 0.717) is 6.42 Å². The van der Waals surface area contributed by atoms with Gasteiger partial charge in [-0.3, -0.25) is 0 Å². The molecule has 0 bridgehead atoms. The standard InChI is InChI=1S/C13H18F3N/c1-10-2-4-11(5-3-10)6-7-12(17)8-9-13(14,15)16/h2-5,12H,6-9,17H2,1H3. The summed E-state index contributed by atoms with van der Waals surface area (Å²) >= 11 is 0. The molecule has 1 unspecified atom stereocenters. The van der Waals surface area contributed by atoms with E-state index < -0.39 is 12.6 Å². The van der Waals surface area contributed by atoms with E-state index in [1.54, 1.807) is 0 Å². The topological polar surface area (TPSA) is 26.0 Å². The number of hydrogen-bond donors (Lipinski definition) is 1. The van der Waals surface area contributed by atoms with Crippen LogP contribution in [0.5, 0.6) is 0 Å². The van der Waals surface area contributed by atoms with Crippen LogP contribution in [0.1, 0.15) is 30.4 Å². The normalized spacial score (nSPS) is 13.7. The summed E-state index contributed by atoms with van der Waals surface area (Å²) in [6.07, 6.45) is -3.54. The minimum absolute atomic E-state index is 0.00929. The molecule has 1 nitrogen and oxygen atoms in total. The summed E-state index contributed by atoms with van der Waals surface area (Å²) in [5.74, 6) is 0. The second-order valence-corrected chi connectivity index (χ2v) is 4.44. The van der Waals surface area contributed by atoms with Crippen molar-refractivity contribution >= 4 is 0 Å². The molecule has 0 saturated carbocycles. The second-order valence-electron chi connectivity index (χ2n) is 4.44. The van der Waals surface area contributed by atoms with Crippen molar-refractivity contribution in [3.8, 4) is 0 Å². The zero-order valence-corrected chi connectivity index (χ0v) is 9.93. The van der Waals surface area contributed by atoms with Gasteiger partial charge < -0.3 is 5.73 Å². The van der Waals surface area contributed by atoms with Gasteiger partial charge in [-0.25, -0.2) is 0 Å². The Labute approximate surface area is 99.8 Å². The molecule has 0 saturated heterocycles. The van der Waals surface area contributed by atoms with Crippen molar-refractivity contribution in [2.75, 3.05) is 0 Å². The van der Waals surface area contributed by atoms with Gasteiger partial charge in [-0.2, -0.15) is 13.2 Å². The highest BCUT2D eigenvalue weighted by Gasteiger charge is 2.27. The van der Waals surface area contributed by atoms with Crippen LogP contribution in [0.3, 0.4) is 0 Å². The molecule has 0 aliphatic rings. The quantitative estimate of drug-likeness (QED) is 0.842. The van der Waals surface area contributed by atoms with E-state index >= 15 is 0 Å². The first-order valence-corrected chi connectivity index (χ1v) is 5.75. The molecule has 4 heteroatoms. The Morgan fingerprint density at radius 3 is 2.24 bits per heavy atom. The molecule has 0 radical (unpaired) electrons. The lowest BCUT2D eigenvalue weighted by molar-refractivity contribution is -0.136. The predicted octanol–water partition coefficient (Wildman–Crippen LogP) is 3.60. The van der Waals surface area contributed by atoms with Crippen LogP contribution >= 0.6 is 0 Å². The van der Waals surface area contributed by atoms with Gasteiger partial charge in [0.25, 0.3) is 0 Å². The third-order valence-corrected chi connectivity index (χ3v) is 2.72. The van der Waals surface area contributed by atoms with E-state index in [4.69, 9.17) is 5.73 Å². The van der Waals surface area contributed by atoms with Crippen LogP contribution in [0.2, 0.25) is 0 Å². The van der Waals surface area contributed by atoms with Gasteiger partial charge in [0.1, 0.15) is 0 Å². The summed E-state index contributed by atoms with van der Waals surface area (Å²) in [6.45, 7) is 2.00. The summed E-state index contributed by atoms with van der Waals surface area (Å²) in [7, 11) is 0. The predicted molar refractivity (Wildman–Crippen MR) is 62.8 cm³/mol.